The number of ketones is 1. The Balaban J connectivity index is 1.74. The third-order valence-electron chi connectivity index (χ3n) is 4.85. The number of Topliss-reactive ketones (excluding diaryl/α,β-unsaturated/α-hetero) is 1. The summed E-state index contributed by atoms with van der Waals surface area (Å²) in [4.78, 5) is 23.8. The van der Waals surface area contributed by atoms with Crippen LogP contribution < -0.4 is 9.64 Å². The molecule has 0 N–H and O–H groups in total. The van der Waals surface area contributed by atoms with Crippen LogP contribution in [-0.2, 0) is 10.0 Å². The van der Waals surface area contributed by atoms with E-state index in [-0.39, 0.29) is 53.8 Å². The Labute approximate surface area is 181 Å². The number of carbonyl (C=O) groups is 1. The van der Waals surface area contributed by atoms with Crippen molar-refractivity contribution < 1.29 is 36.0 Å². The lowest BCUT2D eigenvalue weighted by Crippen LogP contribution is -2.48. The average molecular weight is 473 g/mol. The third kappa shape index (κ3) is 5.16. The number of nitrogens with zero attached hydrogens (tertiary/aromatic N) is 3. The highest BCUT2D eigenvalue weighted by Gasteiger charge is 2.33. The van der Waals surface area contributed by atoms with Gasteiger partial charge >= 0.3 is 6.36 Å². The van der Waals surface area contributed by atoms with Gasteiger partial charge in [0, 0.05) is 37.8 Å². The van der Waals surface area contributed by atoms with Crippen molar-refractivity contribution in [3.8, 4) is 5.75 Å². The second-order valence-corrected chi connectivity index (χ2v) is 8.87. The first-order valence-electron chi connectivity index (χ1n) is 9.29. The van der Waals surface area contributed by atoms with E-state index in [1.54, 1.807) is 4.90 Å². The van der Waals surface area contributed by atoms with Crippen LogP contribution in [0, 0.1) is 10.1 Å². The van der Waals surface area contributed by atoms with E-state index in [4.69, 9.17) is 0 Å². The van der Waals surface area contributed by atoms with Crippen LogP contribution in [0.4, 0.5) is 24.5 Å². The number of nitro groups is 1. The molecule has 9 nitrogen and oxygen atoms in total. The average Bonchev–Trinajstić information content (AvgIpc) is 2.72. The first kappa shape index (κ1) is 23.5. The summed E-state index contributed by atoms with van der Waals surface area (Å²) in [5.74, 6) is -0.857. The van der Waals surface area contributed by atoms with Crippen molar-refractivity contribution in [3.05, 3.63) is 58.1 Å². The van der Waals surface area contributed by atoms with Gasteiger partial charge in [-0.25, -0.2) is 8.42 Å². The summed E-state index contributed by atoms with van der Waals surface area (Å²) in [5.41, 5.74) is 0.208. The standard InChI is InChI=1S/C19H18F3N3O6S/c1-13(26)14-2-7-17(18(12-14)25(27)28)23-8-10-24(11-9-23)32(29,30)16-5-3-15(4-6-16)31-19(20,21)22/h2-7,12H,8-11H2,1H3. The van der Waals surface area contributed by atoms with Crippen molar-refractivity contribution in [1.29, 1.82) is 0 Å². The van der Waals surface area contributed by atoms with E-state index in [2.05, 4.69) is 4.74 Å². The molecule has 0 aliphatic carbocycles. The highest BCUT2D eigenvalue weighted by molar-refractivity contribution is 7.89. The Morgan fingerprint density at radius 3 is 2.16 bits per heavy atom. The zero-order chi connectivity index (χ0) is 23.7. The highest BCUT2D eigenvalue weighted by atomic mass is 32.2. The van der Waals surface area contributed by atoms with Gasteiger partial charge in [-0.15, -0.1) is 13.2 Å². The van der Waals surface area contributed by atoms with Gasteiger partial charge in [-0.3, -0.25) is 14.9 Å². The van der Waals surface area contributed by atoms with E-state index in [0.717, 1.165) is 28.6 Å². The number of alkyl halides is 3. The number of hydrogen-bond acceptors (Lipinski definition) is 7. The first-order chi connectivity index (χ1) is 14.9. The lowest BCUT2D eigenvalue weighted by atomic mass is 10.1. The maximum atomic E-state index is 12.8. The van der Waals surface area contributed by atoms with Crippen molar-refractivity contribution in [2.24, 2.45) is 0 Å². The number of piperazine rings is 1. The van der Waals surface area contributed by atoms with Gasteiger partial charge in [0.15, 0.2) is 5.78 Å². The normalized spacial score (nSPS) is 15.4. The molecule has 3 rings (SSSR count). The number of carbonyl (C=O) groups excluding carboxylic acids is 1. The maximum Gasteiger partial charge on any atom is 0.573 e. The van der Waals surface area contributed by atoms with Crippen molar-refractivity contribution in [3.63, 3.8) is 0 Å². The van der Waals surface area contributed by atoms with Crippen LogP contribution in [0.5, 0.6) is 5.75 Å². The van der Waals surface area contributed by atoms with Gasteiger partial charge in [0.25, 0.3) is 5.69 Å². The molecule has 13 heteroatoms. The van der Waals surface area contributed by atoms with E-state index < -0.39 is 27.1 Å². The number of hydrogen-bond donors (Lipinski definition) is 0. The van der Waals surface area contributed by atoms with Gasteiger partial charge in [-0.1, -0.05) is 0 Å². The minimum Gasteiger partial charge on any atom is -0.406 e. The second kappa shape index (κ2) is 8.74. The summed E-state index contributed by atoms with van der Waals surface area (Å²) in [5, 5.41) is 11.4. The molecule has 1 saturated heterocycles. The molecule has 1 aliphatic heterocycles. The van der Waals surface area contributed by atoms with Crippen LogP contribution in [0.25, 0.3) is 0 Å². The zero-order valence-corrected chi connectivity index (χ0v) is 17.5. The molecule has 0 amide bonds. The van der Waals surface area contributed by atoms with Gasteiger partial charge in [0.1, 0.15) is 11.4 Å². The lowest BCUT2D eigenvalue weighted by molar-refractivity contribution is -0.384. The van der Waals surface area contributed by atoms with Crippen LogP contribution in [-0.4, -0.2) is 56.0 Å². The molecular formula is C19H18F3N3O6S. The fourth-order valence-corrected chi connectivity index (χ4v) is 4.71. The molecule has 0 unspecified atom stereocenters. The molecule has 1 fully saturated rings. The molecule has 0 atom stereocenters. The minimum atomic E-state index is -4.89. The number of sulfonamides is 1. The maximum absolute atomic E-state index is 12.8. The summed E-state index contributed by atoms with van der Waals surface area (Å²) in [6, 6.07) is 7.98. The molecule has 32 heavy (non-hydrogen) atoms. The molecular weight excluding hydrogens is 455 g/mol. The van der Waals surface area contributed by atoms with Gasteiger partial charge in [0.05, 0.1) is 9.82 Å². The Morgan fingerprint density at radius 2 is 1.66 bits per heavy atom. The van der Waals surface area contributed by atoms with Gasteiger partial charge in [-0.05, 0) is 43.3 Å². The van der Waals surface area contributed by atoms with Crippen LogP contribution in [0.3, 0.4) is 0 Å². The molecule has 2 aromatic carbocycles. The Kier molecular flexibility index (Phi) is 6.41. The van der Waals surface area contributed by atoms with Crippen molar-refractivity contribution >= 4 is 27.2 Å². The van der Waals surface area contributed by atoms with Crippen LogP contribution >= 0.6 is 0 Å². The van der Waals surface area contributed by atoms with E-state index in [1.165, 1.54) is 25.1 Å². The number of ether oxygens (including phenoxy) is 1. The Morgan fingerprint density at radius 1 is 1.06 bits per heavy atom. The topological polar surface area (TPSA) is 110 Å². The largest absolute Gasteiger partial charge is 0.573 e. The lowest BCUT2D eigenvalue weighted by Gasteiger charge is -2.35. The predicted octanol–water partition coefficient (Wildman–Crippen LogP) is 3.21. The van der Waals surface area contributed by atoms with Gasteiger partial charge in [0.2, 0.25) is 10.0 Å². The predicted molar refractivity (Wildman–Crippen MR) is 107 cm³/mol. The van der Waals surface area contributed by atoms with Crippen molar-refractivity contribution in [2.45, 2.75) is 18.2 Å². The van der Waals surface area contributed by atoms with Gasteiger partial charge < -0.3 is 9.64 Å². The van der Waals surface area contributed by atoms with E-state index in [0.29, 0.717) is 0 Å². The minimum absolute atomic E-state index is 0.00868. The van der Waals surface area contributed by atoms with Crippen molar-refractivity contribution in [1.82, 2.24) is 4.31 Å². The second-order valence-electron chi connectivity index (χ2n) is 6.93. The summed E-state index contributed by atoms with van der Waals surface area (Å²) in [7, 11) is -3.98. The molecule has 0 spiro atoms. The van der Waals surface area contributed by atoms with E-state index in [1.807, 2.05) is 0 Å². The highest BCUT2D eigenvalue weighted by Crippen LogP contribution is 2.31. The first-order valence-corrected chi connectivity index (χ1v) is 10.7. The van der Waals surface area contributed by atoms with E-state index in [9.17, 15) is 36.5 Å². The Hall–Kier alpha value is -3.19. The molecule has 1 heterocycles. The number of anilines is 1. The van der Waals surface area contributed by atoms with Crippen LogP contribution in [0.15, 0.2) is 47.4 Å². The smallest absolute Gasteiger partial charge is 0.406 e. The summed E-state index contributed by atoms with van der Waals surface area (Å²) < 4.78 is 67.3. The Bertz CT molecular complexity index is 1130. The summed E-state index contributed by atoms with van der Waals surface area (Å²) in [6.07, 6.45) is -4.89. The third-order valence-corrected chi connectivity index (χ3v) is 6.77. The molecule has 172 valence electrons. The van der Waals surface area contributed by atoms with Gasteiger partial charge in [-0.2, -0.15) is 4.31 Å². The number of rotatable bonds is 6. The SMILES string of the molecule is CC(=O)c1ccc(N2CCN(S(=O)(=O)c3ccc(OC(F)(F)F)cc3)CC2)c([N+](=O)[O-])c1. The summed E-state index contributed by atoms with van der Waals surface area (Å²) >= 11 is 0. The van der Waals surface area contributed by atoms with Crippen LogP contribution in [0.1, 0.15) is 17.3 Å². The fraction of sp³-hybridized carbons (Fsp3) is 0.316. The molecule has 2 aromatic rings. The quantitative estimate of drug-likeness (QED) is 0.360. The monoisotopic (exact) mass is 473 g/mol. The molecule has 1 aliphatic rings. The molecule has 0 radical (unpaired) electrons. The van der Waals surface area contributed by atoms with Crippen molar-refractivity contribution in [2.75, 3.05) is 31.1 Å². The van der Waals surface area contributed by atoms with Crippen LogP contribution in [0.2, 0.25) is 0 Å². The molecule has 0 aromatic heterocycles. The zero-order valence-electron chi connectivity index (χ0n) is 16.7. The number of nitro benzene ring substituents is 1. The van der Waals surface area contributed by atoms with E-state index >= 15 is 0 Å². The molecule has 0 saturated carbocycles. The number of benzene rings is 2. The number of halogens is 3. The fourth-order valence-electron chi connectivity index (χ4n) is 3.29. The molecule has 0 bridgehead atoms. The summed E-state index contributed by atoms with van der Waals surface area (Å²) in [6.45, 7) is 1.61.